The lowest BCUT2D eigenvalue weighted by Crippen LogP contribution is -2.58. The Labute approximate surface area is 178 Å². The monoisotopic (exact) mass is 415 g/mol. The molecule has 4 heterocycles. The highest BCUT2D eigenvalue weighted by Crippen LogP contribution is 2.55. The third-order valence-electron chi connectivity index (χ3n) is 7.61. The van der Waals surface area contributed by atoms with Gasteiger partial charge in [0.25, 0.3) is 0 Å². The van der Waals surface area contributed by atoms with Crippen molar-refractivity contribution in [1.82, 2.24) is 4.90 Å². The molecule has 3 saturated heterocycles. The van der Waals surface area contributed by atoms with Crippen molar-refractivity contribution >= 4 is 5.91 Å². The van der Waals surface area contributed by atoms with Crippen LogP contribution >= 0.6 is 0 Å². The highest BCUT2D eigenvalue weighted by Gasteiger charge is 2.53. The second-order valence-electron chi connectivity index (χ2n) is 9.23. The van der Waals surface area contributed by atoms with Crippen LogP contribution in [0.15, 0.2) is 18.2 Å². The Morgan fingerprint density at radius 3 is 2.73 bits per heavy atom. The minimum atomic E-state index is -0.276. The number of hydrogen-bond acceptors (Lipinski definition) is 5. The molecule has 2 atom stereocenters. The van der Waals surface area contributed by atoms with E-state index in [1.54, 1.807) is 7.11 Å². The molecule has 5 rings (SSSR count). The lowest BCUT2D eigenvalue weighted by Gasteiger charge is -2.53. The fourth-order valence-electron chi connectivity index (χ4n) is 5.87. The number of benzene rings is 1. The Morgan fingerprint density at radius 1 is 1.17 bits per heavy atom. The summed E-state index contributed by atoms with van der Waals surface area (Å²) in [5.74, 6) is 2.71. The summed E-state index contributed by atoms with van der Waals surface area (Å²) < 4.78 is 24.1. The van der Waals surface area contributed by atoms with Crippen LogP contribution in [0.25, 0.3) is 0 Å². The van der Waals surface area contributed by atoms with Gasteiger partial charge in [0.2, 0.25) is 5.91 Å². The first-order valence-electron chi connectivity index (χ1n) is 11.5. The molecule has 0 aliphatic carbocycles. The summed E-state index contributed by atoms with van der Waals surface area (Å²) in [6.45, 7) is 3.90. The highest BCUT2D eigenvalue weighted by atomic mass is 16.5. The van der Waals surface area contributed by atoms with E-state index in [4.69, 9.17) is 18.9 Å². The third kappa shape index (κ3) is 3.58. The predicted molar refractivity (Wildman–Crippen MR) is 112 cm³/mol. The zero-order valence-electron chi connectivity index (χ0n) is 17.9. The Balaban J connectivity index is 1.32. The zero-order valence-corrected chi connectivity index (χ0v) is 17.9. The molecule has 164 valence electrons. The maximum absolute atomic E-state index is 12.9. The van der Waals surface area contributed by atoms with Crippen molar-refractivity contribution in [2.24, 2.45) is 11.8 Å². The summed E-state index contributed by atoms with van der Waals surface area (Å²) in [6.07, 6.45) is 6.61. The number of carbonyl (C=O) groups excluding carboxylic acids is 1. The highest BCUT2D eigenvalue weighted by molar-refractivity contribution is 5.76. The number of nitrogens with zero attached hydrogens (tertiary/aromatic N) is 1. The number of para-hydroxylation sites is 1. The van der Waals surface area contributed by atoms with Crippen molar-refractivity contribution in [1.29, 1.82) is 0 Å². The molecular weight excluding hydrogens is 382 g/mol. The fourth-order valence-corrected chi connectivity index (χ4v) is 5.87. The maximum Gasteiger partial charge on any atom is 0.222 e. The first-order valence-corrected chi connectivity index (χ1v) is 11.5. The molecule has 0 N–H and O–H groups in total. The van der Waals surface area contributed by atoms with E-state index >= 15 is 0 Å². The van der Waals surface area contributed by atoms with Gasteiger partial charge in [-0.2, -0.15) is 0 Å². The van der Waals surface area contributed by atoms with Crippen molar-refractivity contribution in [2.75, 3.05) is 40.0 Å². The molecule has 1 aromatic carbocycles. The standard InChI is InChI=1S/C24H33NO5/c1-27-20-6-2-4-18-22-19(5-3-13-29-22)24(30-23(18)20)9-11-25(12-10-24)21(26)16-17-7-14-28-15-8-17/h2,4,6,17,19,22H,3,5,7-16H2,1H3/t19-,22+/m0/s1. The Morgan fingerprint density at radius 2 is 1.97 bits per heavy atom. The van der Waals surface area contributed by atoms with Crippen LogP contribution in [0.3, 0.4) is 0 Å². The number of fused-ring (bicyclic) bond motifs is 4. The number of ether oxygens (including phenoxy) is 4. The largest absolute Gasteiger partial charge is 0.493 e. The lowest BCUT2D eigenvalue weighted by molar-refractivity contribution is -0.158. The summed E-state index contributed by atoms with van der Waals surface area (Å²) in [5, 5.41) is 0. The number of rotatable bonds is 3. The molecule has 3 fully saturated rings. The van der Waals surface area contributed by atoms with Gasteiger partial charge in [0, 0.05) is 63.7 Å². The quantitative estimate of drug-likeness (QED) is 0.753. The number of amides is 1. The maximum atomic E-state index is 12.9. The molecule has 1 spiro atoms. The molecule has 1 aromatic rings. The molecule has 1 amide bonds. The normalized spacial score (nSPS) is 28.4. The third-order valence-corrected chi connectivity index (χ3v) is 7.61. The van der Waals surface area contributed by atoms with Crippen LogP contribution in [0.5, 0.6) is 11.5 Å². The van der Waals surface area contributed by atoms with Crippen molar-refractivity contribution in [3.8, 4) is 11.5 Å². The van der Waals surface area contributed by atoms with Crippen molar-refractivity contribution in [3.63, 3.8) is 0 Å². The molecular formula is C24H33NO5. The minimum Gasteiger partial charge on any atom is -0.493 e. The number of hydrogen-bond donors (Lipinski definition) is 0. The molecule has 6 nitrogen and oxygen atoms in total. The van der Waals surface area contributed by atoms with E-state index in [0.29, 0.717) is 24.2 Å². The van der Waals surface area contributed by atoms with Gasteiger partial charge < -0.3 is 23.8 Å². The Hall–Kier alpha value is -1.79. The number of methoxy groups -OCH3 is 1. The fraction of sp³-hybridized carbons (Fsp3) is 0.708. The van der Waals surface area contributed by atoms with Gasteiger partial charge in [-0.05, 0) is 37.7 Å². The second-order valence-corrected chi connectivity index (χ2v) is 9.23. The molecule has 0 saturated carbocycles. The van der Waals surface area contributed by atoms with E-state index in [1.807, 2.05) is 12.1 Å². The molecule has 30 heavy (non-hydrogen) atoms. The molecule has 0 radical (unpaired) electrons. The SMILES string of the molecule is COc1cccc2c1OC1(CCN(C(=O)CC3CCOCC3)CC1)[C@H]1CCCO[C@H]21. The molecule has 0 unspecified atom stereocenters. The van der Waals surface area contributed by atoms with Gasteiger partial charge in [0.1, 0.15) is 5.60 Å². The van der Waals surface area contributed by atoms with Crippen molar-refractivity contribution in [2.45, 2.75) is 56.7 Å². The van der Waals surface area contributed by atoms with Crippen LogP contribution in [-0.2, 0) is 14.3 Å². The van der Waals surface area contributed by atoms with Gasteiger partial charge in [-0.15, -0.1) is 0 Å². The van der Waals surface area contributed by atoms with Crippen LogP contribution in [0.4, 0.5) is 0 Å². The zero-order chi connectivity index (χ0) is 20.6. The molecule has 0 bridgehead atoms. The first kappa shape index (κ1) is 20.1. The van der Waals surface area contributed by atoms with Crippen molar-refractivity contribution in [3.05, 3.63) is 23.8 Å². The van der Waals surface area contributed by atoms with Crippen LogP contribution in [-0.4, -0.2) is 56.4 Å². The molecule has 0 aromatic heterocycles. The molecule has 6 heteroatoms. The minimum absolute atomic E-state index is 0.0575. The van der Waals surface area contributed by atoms with Gasteiger partial charge in [0.05, 0.1) is 13.2 Å². The van der Waals surface area contributed by atoms with Gasteiger partial charge in [0.15, 0.2) is 11.5 Å². The van der Waals surface area contributed by atoms with E-state index in [1.165, 1.54) is 0 Å². The number of piperidine rings is 1. The van der Waals surface area contributed by atoms with E-state index in [2.05, 4.69) is 11.0 Å². The summed E-state index contributed by atoms with van der Waals surface area (Å²) in [5.41, 5.74) is 0.838. The van der Waals surface area contributed by atoms with E-state index in [9.17, 15) is 4.79 Å². The van der Waals surface area contributed by atoms with Gasteiger partial charge >= 0.3 is 0 Å². The van der Waals surface area contributed by atoms with E-state index < -0.39 is 0 Å². The Bertz CT molecular complexity index is 767. The average Bonchev–Trinajstić information content (AvgIpc) is 2.80. The number of likely N-dealkylation sites (tertiary alicyclic amines) is 1. The van der Waals surface area contributed by atoms with Crippen LogP contribution < -0.4 is 9.47 Å². The summed E-state index contributed by atoms with van der Waals surface area (Å²) in [7, 11) is 1.69. The van der Waals surface area contributed by atoms with E-state index in [-0.39, 0.29) is 11.7 Å². The lowest BCUT2D eigenvalue weighted by atomic mass is 9.70. The molecule has 4 aliphatic rings. The first-order chi connectivity index (χ1) is 14.7. The van der Waals surface area contributed by atoms with E-state index in [0.717, 1.165) is 88.5 Å². The average molecular weight is 416 g/mol. The second kappa shape index (κ2) is 8.39. The summed E-state index contributed by atoms with van der Waals surface area (Å²) in [4.78, 5) is 15.0. The van der Waals surface area contributed by atoms with Crippen molar-refractivity contribution < 1.29 is 23.7 Å². The topological polar surface area (TPSA) is 57.2 Å². The summed E-state index contributed by atoms with van der Waals surface area (Å²) >= 11 is 0. The van der Waals surface area contributed by atoms with Crippen LogP contribution in [0.1, 0.15) is 56.6 Å². The van der Waals surface area contributed by atoms with Crippen LogP contribution in [0.2, 0.25) is 0 Å². The Kier molecular flexibility index (Phi) is 5.63. The summed E-state index contributed by atoms with van der Waals surface area (Å²) in [6, 6.07) is 6.09. The predicted octanol–water partition coefficient (Wildman–Crippen LogP) is 3.73. The number of carbonyl (C=O) groups is 1. The van der Waals surface area contributed by atoms with Gasteiger partial charge in [-0.1, -0.05) is 12.1 Å². The molecule has 4 aliphatic heterocycles. The van der Waals surface area contributed by atoms with Gasteiger partial charge in [-0.3, -0.25) is 4.79 Å². The van der Waals surface area contributed by atoms with Crippen LogP contribution in [0, 0.1) is 11.8 Å². The smallest absolute Gasteiger partial charge is 0.222 e. The van der Waals surface area contributed by atoms with Gasteiger partial charge in [-0.25, -0.2) is 0 Å².